The minimum atomic E-state index is 0.285. The first kappa shape index (κ1) is 11.5. The van der Waals surface area contributed by atoms with Gasteiger partial charge in [-0.2, -0.15) is 0 Å². The highest BCUT2D eigenvalue weighted by Gasteiger charge is 2.35. The standard InChI is InChI=1S/C14H19N3O/c15-12-3-1-2-11(8-12)9-16-6-7-17(13-4-5-13)14(18)10-16/h1-3,8,13H,4-7,9-10,15H2. The quantitative estimate of drug-likeness (QED) is 0.811. The van der Waals surface area contributed by atoms with E-state index in [1.165, 1.54) is 18.4 Å². The van der Waals surface area contributed by atoms with Gasteiger partial charge in [0.25, 0.3) is 0 Å². The predicted octanol–water partition coefficient (Wildman–Crippen LogP) is 1.08. The Hall–Kier alpha value is -1.55. The van der Waals surface area contributed by atoms with Crippen LogP contribution in [0.5, 0.6) is 0 Å². The number of hydrogen-bond acceptors (Lipinski definition) is 3. The molecule has 2 N–H and O–H groups in total. The Balaban J connectivity index is 1.60. The number of nitrogen functional groups attached to an aromatic ring is 1. The van der Waals surface area contributed by atoms with Crippen LogP contribution in [0.1, 0.15) is 18.4 Å². The van der Waals surface area contributed by atoms with E-state index in [-0.39, 0.29) is 5.91 Å². The van der Waals surface area contributed by atoms with Crippen LogP contribution in [0.15, 0.2) is 24.3 Å². The van der Waals surface area contributed by atoms with Gasteiger partial charge in [-0.15, -0.1) is 0 Å². The molecule has 2 aliphatic rings. The zero-order valence-electron chi connectivity index (χ0n) is 10.5. The van der Waals surface area contributed by atoms with Crippen LogP contribution in [-0.2, 0) is 11.3 Å². The number of amides is 1. The van der Waals surface area contributed by atoms with Crippen LogP contribution < -0.4 is 5.73 Å². The Morgan fingerprint density at radius 1 is 1.28 bits per heavy atom. The summed E-state index contributed by atoms with van der Waals surface area (Å²) in [5, 5.41) is 0. The maximum Gasteiger partial charge on any atom is 0.237 e. The Morgan fingerprint density at radius 3 is 2.78 bits per heavy atom. The first-order valence-electron chi connectivity index (χ1n) is 6.58. The normalized spacial score (nSPS) is 21.3. The molecule has 1 saturated carbocycles. The van der Waals surface area contributed by atoms with Crippen molar-refractivity contribution in [2.75, 3.05) is 25.4 Å². The summed E-state index contributed by atoms with van der Waals surface area (Å²) in [6.45, 7) is 3.21. The molecular weight excluding hydrogens is 226 g/mol. The third-order valence-corrected chi connectivity index (χ3v) is 3.68. The summed E-state index contributed by atoms with van der Waals surface area (Å²) >= 11 is 0. The topological polar surface area (TPSA) is 49.6 Å². The highest BCUT2D eigenvalue weighted by molar-refractivity contribution is 5.79. The first-order valence-corrected chi connectivity index (χ1v) is 6.58. The van der Waals surface area contributed by atoms with Crippen molar-refractivity contribution in [2.24, 2.45) is 0 Å². The molecule has 0 aromatic heterocycles. The molecule has 0 spiro atoms. The Kier molecular flexibility index (Phi) is 2.96. The second-order valence-corrected chi connectivity index (χ2v) is 5.27. The molecule has 0 unspecified atom stereocenters. The maximum absolute atomic E-state index is 12.0. The number of anilines is 1. The van der Waals surface area contributed by atoms with E-state index in [9.17, 15) is 4.79 Å². The van der Waals surface area contributed by atoms with Gasteiger partial charge < -0.3 is 10.6 Å². The van der Waals surface area contributed by atoms with Gasteiger partial charge in [0.1, 0.15) is 0 Å². The lowest BCUT2D eigenvalue weighted by atomic mass is 10.1. The SMILES string of the molecule is Nc1cccc(CN2CCN(C3CC3)C(=O)C2)c1. The number of hydrogen-bond donors (Lipinski definition) is 1. The molecule has 1 heterocycles. The lowest BCUT2D eigenvalue weighted by molar-refractivity contribution is -0.136. The van der Waals surface area contributed by atoms with Gasteiger partial charge in [-0.1, -0.05) is 12.1 Å². The average Bonchev–Trinajstić information content (AvgIpc) is 3.13. The Morgan fingerprint density at radius 2 is 2.11 bits per heavy atom. The van der Waals surface area contributed by atoms with Gasteiger partial charge >= 0.3 is 0 Å². The van der Waals surface area contributed by atoms with Crippen LogP contribution in [0.4, 0.5) is 5.69 Å². The molecule has 1 aliphatic carbocycles. The molecule has 0 bridgehead atoms. The molecule has 4 nitrogen and oxygen atoms in total. The average molecular weight is 245 g/mol. The summed E-state index contributed by atoms with van der Waals surface area (Å²) in [7, 11) is 0. The highest BCUT2D eigenvalue weighted by atomic mass is 16.2. The molecule has 0 atom stereocenters. The van der Waals surface area contributed by atoms with Crippen molar-refractivity contribution in [3.05, 3.63) is 29.8 Å². The number of benzene rings is 1. The fraction of sp³-hybridized carbons (Fsp3) is 0.500. The van der Waals surface area contributed by atoms with E-state index in [1.54, 1.807) is 0 Å². The van der Waals surface area contributed by atoms with Gasteiger partial charge in [0.05, 0.1) is 6.54 Å². The fourth-order valence-electron chi connectivity index (χ4n) is 2.59. The number of carbonyl (C=O) groups excluding carboxylic acids is 1. The van der Waals surface area contributed by atoms with E-state index in [4.69, 9.17) is 5.73 Å². The third-order valence-electron chi connectivity index (χ3n) is 3.68. The Bertz CT molecular complexity index is 456. The van der Waals surface area contributed by atoms with Crippen molar-refractivity contribution in [3.63, 3.8) is 0 Å². The molecule has 4 heteroatoms. The molecule has 18 heavy (non-hydrogen) atoms. The molecule has 3 rings (SSSR count). The smallest absolute Gasteiger partial charge is 0.237 e. The fourth-order valence-corrected chi connectivity index (χ4v) is 2.59. The van der Waals surface area contributed by atoms with Crippen LogP contribution >= 0.6 is 0 Å². The second kappa shape index (κ2) is 4.61. The third kappa shape index (κ3) is 2.48. The minimum absolute atomic E-state index is 0.285. The molecular formula is C14H19N3O. The van der Waals surface area contributed by atoms with E-state index < -0.39 is 0 Å². The zero-order valence-corrected chi connectivity index (χ0v) is 10.5. The predicted molar refractivity (Wildman–Crippen MR) is 70.9 cm³/mol. The van der Waals surface area contributed by atoms with Crippen LogP contribution in [-0.4, -0.2) is 41.4 Å². The molecule has 1 saturated heterocycles. The molecule has 1 aromatic carbocycles. The van der Waals surface area contributed by atoms with Gasteiger partial charge in [-0.05, 0) is 30.5 Å². The first-order chi connectivity index (χ1) is 8.72. The lowest BCUT2D eigenvalue weighted by Crippen LogP contribution is -2.50. The van der Waals surface area contributed by atoms with E-state index >= 15 is 0 Å². The molecule has 96 valence electrons. The van der Waals surface area contributed by atoms with E-state index in [0.717, 1.165) is 25.3 Å². The summed E-state index contributed by atoms with van der Waals surface area (Å²) in [6.07, 6.45) is 2.39. The van der Waals surface area contributed by atoms with Gasteiger partial charge in [0, 0.05) is 31.4 Å². The zero-order chi connectivity index (χ0) is 12.5. The van der Waals surface area contributed by atoms with Crippen molar-refractivity contribution < 1.29 is 4.79 Å². The highest BCUT2D eigenvalue weighted by Crippen LogP contribution is 2.28. The van der Waals surface area contributed by atoms with Crippen LogP contribution in [0, 0.1) is 0 Å². The monoisotopic (exact) mass is 245 g/mol. The molecule has 1 amide bonds. The van der Waals surface area contributed by atoms with Gasteiger partial charge in [0.15, 0.2) is 0 Å². The largest absolute Gasteiger partial charge is 0.399 e. The summed E-state index contributed by atoms with van der Waals surface area (Å²) in [5.74, 6) is 0.285. The summed E-state index contributed by atoms with van der Waals surface area (Å²) in [4.78, 5) is 16.3. The van der Waals surface area contributed by atoms with E-state index in [2.05, 4.69) is 15.9 Å². The summed E-state index contributed by atoms with van der Waals surface area (Å²) in [5.41, 5.74) is 7.74. The lowest BCUT2D eigenvalue weighted by Gasteiger charge is -2.34. The second-order valence-electron chi connectivity index (χ2n) is 5.27. The van der Waals surface area contributed by atoms with Gasteiger partial charge in [0.2, 0.25) is 5.91 Å². The van der Waals surface area contributed by atoms with Gasteiger partial charge in [-0.25, -0.2) is 0 Å². The maximum atomic E-state index is 12.0. The number of nitrogens with zero attached hydrogens (tertiary/aromatic N) is 2. The van der Waals surface area contributed by atoms with Crippen molar-refractivity contribution >= 4 is 11.6 Å². The summed E-state index contributed by atoms with van der Waals surface area (Å²) in [6, 6.07) is 8.45. The van der Waals surface area contributed by atoms with Crippen LogP contribution in [0.25, 0.3) is 0 Å². The number of rotatable bonds is 3. The Labute approximate surface area is 107 Å². The van der Waals surface area contributed by atoms with Crippen LogP contribution in [0.3, 0.4) is 0 Å². The molecule has 2 fully saturated rings. The molecule has 1 aromatic rings. The minimum Gasteiger partial charge on any atom is -0.399 e. The van der Waals surface area contributed by atoms with E-state index in [1.807, 2.05) is 18.2 Å². The van der Waals surface area contributed by atoms with Crippen molar-refractivity contribution in [1.29, 1.82) is 0 Å². The van der Waals surface area contributed by atoms with Crippen molar-refractivity contribution in [3.8, 4) is 0 Å². The van der Waals surface area contributed by atoms with E-state index in [0.29, 0.717) is 12.6 Å². The number of carbonyl (C=O) groups is 1. The van der Waals surface area contributed by atoms with Crippen molar-refractivity contribution in [2.45, 2.75) is 25.4 Å². The number of nitrogens with two attached hydrogens (primary N) is 1. The number of piperazine rings is 1. The summed E-state index contributed by atoms with van der Waals surface area (Å²) < 4.78 is 0. The van der Waals surface area contributed by atoms with Crippen molar-refractivity contribution in [1.82, 2.24) is 9.80 Å². The van der Waals surface area contributed by atoms with Gasteiger partial charge in [-0.3, -0.25) is 9.69 Å². The molecule has 1 aliphatic heterocycles. The van der Waals surface area contributed by atoms with Crippen LogP contribution in [0.2, 0.25) is 0 Å². The molecule has 0 radical (unpaired) electrons.